The van der Waals surface area contributed by atoms with Crippen molar-refractivity contribution in [1.82, 2.24) is 36.0 Å². The molecule has 45 heavy (non-hydrogen) atoms. The van der Waals surface area contributed by atoms with Gasteiger partial charge in [0.05, 0.1) is 18.4 Å². The molecule has 0 aromatic rings. The first-order valence-corrected chi connectivity index (χ1v) is 18.1. The molecule has 0 spiro atoms. The Morgan fingerprint density at radius 3 is 2.62 bits per heavy atom. The zero-order valence-corrected chi connectivity index (χ0v) is 27.6. The monoisotopic (exact) mass is 651 g/mol. The van der Waals surface area contributed by atoms with Gasteiger partial charge in [-0.3, -0.25) is 19.8 Å². The average molecular weight is 652 g/mol. The third-order valence-electron chi connectivity index (χ3n) is 11.3. The molecule has 4 N–H and O–H groups in total. The quantitative estimate of drug-likeness (QED) is 0.347. The molecule has 11 unspecified atom stereocenters. The number of fused-ring (bicyclic) bond motifs is 5. The third-order valence-corrected chi connectivity index (χ3v) is 12.7. The van der Waals surface area contributed by atoms with Crippen LogP contribution in [0.2, 0.25) is 0 Å². The molecule has 5 saturated heterocycles. The van der Waals surface area contributed by atoms with Gasteiger partial charge in [-0.05, 0) is 57.6 Å². The first kappa shape index (κ1) is 33.0. The smallest absolute Gasteiger partial charge is 0.320 e. The first-order chi connectivity index (χ1) is 21.6. The zero-order valence-electron chi connectivity index (χ0n) is 26.8. The molecule has 252 valence electrons. The molecule has 13 heteroatoms. The second-order valence-corrected chi connectivity index (χ2v) is 15.6. The van der Waals surface area contributed by atoms with Gasteiger partial charge < -0.3 is 25.8 Å². The minimum absolute atomic E-state index is 0.00485. The van der Waals surface area contributed by atoms with Gasteiger partial charge in [-0.15, -0.1) is 0 Å². The van der Waals surface area contributed by atoms with Crippen molar-refractivity contribution < 1.29 is 23.2 Å². The number of halogens is 2. The van der Waals surface area contributed by atoms with Gasteiger partial charge in [0.2, 0.25) is 11.8 Å². The summed E-state index contributed by atoms with van der Waals surface area (Å²) in [7, 11) is 0. The molecular weight excluding hydrogens is 600 g/mol. The van der Waals surface area contributed by atoms with Gasteiger partial charge >= 0.3 is 6.03 Å². The number of rotatable bonds is 3. The van der Waals surface area contributed by atoms with Crippen molar-refractivity contribution in [2.75, 3.05) is 31.9 Å². The highest BCUT2D eigenvalue weighted by atomic mass is 32.2. The van der Waals surface area contributed by atoms with Crippen LogP contribution in [-0.2, 0) is 9.59 Å². The van der Waals surface area contributed by atoms with E-state index in [2.05, 4.69) is 46.6 Å². The lowest BCUT2D eigenvalue weighted by molar-refractivity contribution is -0.132. The van der Waals surface area contributed by atoms with Crippen LogP contribution in [0.1, 0.15) is 59.3 Å². The number of nitrogens with one attached hydrogen (secondary N) is 4. The van der Waals surface area contributed by atoms with Crippen molar-refractivity contribution in [3.63, 3.8) is 0 Å². The van der Waals surface area contributed by atoms with E-state index in [1.54, 1.807) is 16.7 Å². The Hall–Kier alpha value is -1.96. The summed E-state index contributed by atoms with van der Waals surface area (Å²) in [6.07, 6.45) is 0.681. The van der Waals surface area contributed by atoms with E-state index in [9.17, 15) is 14.4 Å². The highest BCUT2D eigenvalue weighted by Gasteiger charge is 2.57. The van der Waals surface area contributed by atoms with Crippen LogP contribution >= 0.6 is 11.8 Å². The summed E-state index contributed by atoms with van der Waals surface area (Å²) in [5.74, 6) is -0.426. The lowest BCUT2D eigenvalue weighted by atomic mass is 9.72. The number of carbonyl (C=O) groups is 3. The zero-order chi connectivity index (χ0) is 32.0. The van der Waals surface area contributed by atoms with E-state index in [1.165, 1.54) is 6.08 Å². The number of alkyl halides is 2. The highest BCUT2D eigenvalue weighted by molar-refractivity contribution is 8.00. The fraction of sp³-hybridized carbons (Fsp3) is 0.844. The van der Waals surface area contributed by atoms with Gasteiger partial charge in [0.15, 0.2) is 0 Å². The summed E-state index contributed by atoms with van der Waals surface area (Å²) >= 11 is 1.74. The maximum Gasteiger partial charge on any atom is 0.320 e. The summed E-state index contributed by atoms with van der Waals surface area (Å²) in [5, 5.41) is 13.8. The largest absolute Gasteiger partial charge is 0.353 e. The second-order valence-electron chi connectivity index (χ2n) is 14.3. The first-order valence-electron chi connectivity index (χ1n) is 17.0. The fourth-order valence-corrected chi connectivity index (χ4v) is 10.6. The molecule has 1 saturated carbocycles. The van der Waals surface area contributed by atoms with Crippen LogP contribution in [0.15, 0.2) is 12.7 Å². The normalized spacial score (nSPS) is 43.1. The van der Waals surface area contributed by atoms with Gasteiger partial charge in [0.25, 0.3) is 0 Å². The highest BCUT2D eigenvalue weighted by Crippen LogP contribution is 2.43. The van der Waals surface area contributed by atoms with Crippen LogP contribution in [0, 0.1) is 17.8 Å². The molecule has 0 radical (unpaired) electrons. The third kappa shape index (κ3) is 6.35. The molecule has 4 amide bonds. The van der Waals surface area contributed by atoms with Crippen molar-refractivity contribution >= 4 is 29.6 Å². The predicted molar refractivity (Wildman–Crippen MR) is 171 cm³/mol. The molecule has 12 atom stereocenters. The van der Waals surface area contributed by atoms with E-state index in [4.69, 9.17) is 0 Å². The van der Waals surface area contributed by atoms with E-state index in [0.717, 1.165) is 13.0 Å². The average Bonchev–Trinajstić information content (AvgIpc) is 3.01. The summed E-state index contributed by atoms with van der Waals surface area (Å²) in [6.45, 7) is 12.3. The van der Waals surface area contributed by atoms with Crippen LogP contribution in [0.25, 0.3) is 0 Å². The number of piperazine rings is 1. The Labute approximate surface area is 270 Å². The maximum atomic E-state index is 16.6. The summed E-state index contributed by atoms with van der Waals surface area (Å²) < 4.78 is 32.5. The van der Waals surface area contributed by atoms with Crippen LogP contribution in [0.3, 0.4) is 0 Å². The number of hydrogen-bond acceptors (Lipinski definition) is 7. The number of hydrogen-bond donors (Lipinski definition) is 4. The minimum atomic E-state index is -1.36. The second kappa shape index (κ2) is 13.6. The minimum Gasteiger partial charge on any atom is -0.353 e. The van der Waals surface area contributed by atoms with Crippen LogP contribution in [0.5, 0.6) is 0 Å². The Morgan fingerprint density at radius 2 is 1.89 bits per heavy atom. The van der Waals surface area contributed by atoms with Crippen molar-refractivity contribution in [2.45, 2.75) is 119 Å². The number of piperidine rings is 2. The van der Waals surface area contributed by atoms with Gasteiger partial charge in [-0.2, -0.15) is 11.8 Å². The van der Waals surface area contributed by atoms with Crippen LogP contribution < -0.4 is 21.3 Å². The standard InChI is InChI=1S/C32H51F2N7O3S/c1-5-25(43)39-12-13-40(18(4)16-39)30-19-15-21(34)28-26-20(33)7-6-8-22(26)36-24(42)10-14-45-23-9-11-35-27(17(2)3)29(23)41(31(19)37-28)32(44)38-30/h5,17-23,26-31,35,37H,1,6-16H2,2-4H3,(H,36,42)(H,38,44)/t18-,19?,20?,21?,22?,23?,26?,27?,28?,29?,30?,31?/m1/s1. The molecule has 2 bridgehead atoms. The molecule has 0 aromatic heterocycles. The summed E-state index contributed by atoms with van der Waals surface area (Å²) in [4.78, 5) is 45.9. The number of urea groups is 1. The predicted octanol–water partition coefficient (Wildman–Crippen LogP) is 2.21. The lowest BCUT2D eigenvalue weighted by Gasteiger charge is -2.60. The van der Waals surface area contributed by atoms with Crippen molar-refractivity contribution in [2.24, 2.45) is 17.8 Å². The Balaban J connectivity index is 1.39. The van der Waals surface area contributed by atoms with E-state index in [1.807, 2.05) is 11.8 Å². The number of thioether (sulfide) groups is 1. The Bertz CT molecular complexity index is 1130. The fourth-order valence-electron chi connectivity index (χ4n) is 9.17. The molecule has 0 aromatic carbocycles. The Morgan fingerprint density at radius 1 is 1.09 bits per heavy atom. The van der Waals surface area contributed by atoms with Crippen molar-refractivity contribution in [3.05, 3.63) is 12.7 Å². The lowest BCUT2D eigenvalue weighted by Crippen LogP contribution is -2.80. The number of carbonyl (C=O) groups excluding carboxylic acids is 3. The molecule has 5 aliphatic heterocycles. The number of amides is 4. The molecule has 6 fully saturated rings. The van der Waals surface area contributed by atoms with Crippen LogP contribution in [0.4, 0.5) is 13.6 Å². The number of nitrogens with zero attached hydrogens (tertiary/aromatic N) is 3. The van der Waals surface area contributed by atoms with Gasteiger partial charge in [0, 0.05) is 73.1 Å². The molecule has 10 nitrogen and oxygen atoms in total. The summed E-state index contributed by atoms with van der Waals surface area (Å²) in [6, 6.07) is -1.75. The Kier molecular flexibility index (Phi) is 9.99. The van der Waals surface area contributed by atoms with Gasteiger partial charge in [-0.1, -0.05) is 20.4 Å². The van der Waals surface area contributed by atoms with Gasteiger partial charge in [0.1, 0.15) is 12.3 Å². The van der Waals surface area contributed by atoms with Crippen molar-refractivity contribution in [3.8, 4) is 0 Å². The molecule has 5 heterocycles. The van der Waals surface area contributed by atoms with E-state index in [0.29, 0.717) is 51.1 Å². The molecule has 6 aliphatic rings. The summed E-state index contributed by atoms with van der Waals surface area (Å²) in [5.41, 5.74) is 0. The molecular formula is C32H51F2N7O3S. The maximum absolute atomic E-state index is 16.6. The van der Waals surface area contributed by atoms with E-state index >= 15 is 8.78 Å². The molecule has 1 aliphatic carbocycles. The van der Waals surface area contributed by atoms with Gasteiger partial charge in [-0.25, -0.2) is 13.6 Å². The van der Waals surface area contributed by atoms with Crippen LogP contribution in [-0.4, -0.2) is 125 Å². The SMILES string of the molecule is C=CC(=O)N1CCN(C2NC(=O)N3C4NC(C(F)CC42)C2C(F)CCCC2NC(=O)CCSC2CCNC(C(C)C)C23)[C@H](C)C1. The van der Waals surface area contributed by atoms with E-state index in [-0.39, 0.29) is 59.5 Å². The van der Waals surface area contributed by atoms with E-state index < -0.39 is 42.7 Å². The van der Waals surface area contributed by atoms with Crippen molar-refractivity contribution in [1.29, 1.82) is 0 Å². The molecule has 6 rings (SSSR count). The topological polar surface area (TPSA) is 109 Å².